The van der Waals surface area contributed by atoms with Gasteiger partial charge in [-0.3, -0.25) is 4.99 Å². The van der Waals surface area contributed by atoms with E-state index in [1.807, 2.05) is 24.4 Å². The van der Waals surface area contributed by atoms with Gasteiger partial charge in [-0.1, -0.05) is 18.2 Å². The van der Waals surface area contributed by atoms with E-state index in [4.69, 9.17) is 9.84 Å². The Morgan fingerprint density at radius 1 is 1.29 bits per heavy atom. The van der Waals surface area contributed by atoms with Crippen molar-refractivity contribution in [2.45, 2.75) is 0 Å². The largest absolute Gasteiger partial charge is 0.394 e. The molecule has 2 rings (SSSR count). The fraction of sp³-hybridized carbons (Fsp3) is 0.462. The molecule has 0 amide bonds. The molecule has 0 unspecified atom stereocenters. The number of anilines is 1. The summed E-state index contributed by atoms with van der Waals surface area (Å²) in [5, 5.41) is 8.72. The first-order valence-electron chi connectivity index (χ1n) is 5.94. The summed E-state index contributed by atoms with van der Waals surface area (Å²) in [6, 6.07) is 8.19. The predicted octanol–water partition coefficient (Wildman–Crippen LogP) is 0.934. The summed E-state index contributed by atoms with van der Waals surface area (Å²) >= 11 is 0. The molecule has 1 saturated heterocycles. The summed E-state index contributed by atoms with van der Waals surface area (Å²) < 4.78 is 5.35. The van der Waals surface area contributed by atoms with Gasteiger partial charge in [0.05, 0.1) is 26.4 Å². The minimum Gasteiger partial charge on any atom is -0.394 e. The van der Waals surface area contributed by atoms with Gasteiger partial charge in [-0.2, -0.15) is 0 Å². The Morgan fingerprint density at radius 2 is 2.06 bits per heavy atom. The van der Waals surface area contributed by atoms with E-state index in [1.54, 1.807) is 0 Å². The first-order valence-corrected chi connectivity index (χ1v) is 5.94. The van der Waals surface area contributed by atoms with Gasteiger partial charge in [0.25, 0.3) is 0 Å². The first kappa shape index (κ1) is 12.1. The van der Waals surface area contributed by atoms with Gasteiger partial charge in [0.1, 0.15) is 0 Å². The number of aliphatic hydroxyl groups excluding tert-OH is 1. The van der Waals surface area contributed by atoms with E-state index in [0.717, 1.165) is 31.9 Å². The summed E-state index contributed by atoms with van der Waals surface area (Å²) in [6.45, 7) is 3.95. The Hall–Kier alpha value is -1.39. The highest BCUT2D eigenvalue weighted by molar-refractivity contribution is 5.88. The van der Waals surface area contributed by atoms with Crippen molar-refractivity contribution in [1.29, 1.82) is 0 Å². The van der Waals surface area contributed by atoms with Crippen molar-refractivity contribution >= 4 is 11.9 Å². The molecule has 17 heavy (non-hydrogen) atoms. The van der Waals surface area contributed by atoms with Crippen molar-refractivity contribution in [3.05, 3.63) is 29.8 Å². The van der Waals surface area contributed by atoms with Gasteiger partial charge in [-0.05, 0) is 6.07 Å². The van der Waals surface area contributed by atoms with Crippen molar-refractivity contribution in [3.8, 4) is 0 Å². The minimum atomic E-state index is 0.0935. The monoisotopic (exact) mass is 234 g/mol. The normalized spacial score (nSPS) is 16.6. The van der Waals surface area contributed by atoms with E-state index >= 15 is 0 Å². The van der Waals surface area contributed by atoms with E-state index in [1.165, 1.54) is 5.69 Å². The van der Waals surface area contributed by atoms with Crippen LogP contribution in [0.15, 0.2) is 29.3 Å². The number of para-hydroxylation sites is 1. The number of nitrogens with zero attached hydrogens (tertiary/aromatic N) is 2. The number of aliphatic hydroxyl groups is 1. The zero-order valence-corrected chi connectivity index (χ0v) is 9.88. The number of benzene rings is 1. The molecule has 4 nitrogen and oxygen atoms in total. The van der Waals surface area contributed by atoms with Gasteiger partial charge < -0.3 is 14.7 Å². The van der Waals surface area contributed by atoms with E-state index in [-0.39, 0.29) is 6.61 Å². The van der Waals surface area contributed by atoms with Gasteiger partial charge in [-0.25, -0.2) is 0 Å². The topological polar surface area (TPSA) is 45.1 Å². The summed E-state index contributed by atoms with van der Waals surface area (Å²) in [5.74, 6) is 0. The zero-order valence-electron chi connectivity index (χ0n) is 9.88. The second-order valence-corrected chi connectivity index (χ2v) is 3.92. The van der Waals surface area contributed by atoms with Gasteiger partial charge >= 0.3 is 0 Å². The van der Waals surface area contributed by atoms with Crippen LogP contribution >= 0.6 is 0 Å². The highest BCUT2D eigenvalue weighted by Gasteiger charge is 2.13. The number of morpholine rings is 1. The molecule has 1 aromatic rings. The van der Waals surface area contributed by atoms with Crippen LogP contribution in [0, 0.1) is 0 Å². The fourth-order valence-corrected chi connectivity index (χ4v) is 1.91. The maximum atomic E-state index is 8.72. The maximum Gasteiger partial charge on any atom is 0.0642 e. The van der Waals surface area contributed by atoms with Crippen LogP contribution in [0.1, 0.15) is 5.56 Å². The van der Waals surface area contributed by atoms with E-state index in [9.17, 15) is 0 Å². The number of hydrogen-bond acceptors (Lipinski definition) is 4. The lowest BCUT2D eigenvalue weighted by atomic mass is 10.1. The Kier molecular flexibility index (Phi) is 4.53. The Balaban J connectivity index is 2.14. The molecule has 0 atom stereocenters. The molecule has 0 saturated carbocycles. The van der Waals surface area contributed by atoms with Crippen LogP contribution < -0.4 is 4.90 Å². The molecule has 1 heterocycles. The van der Waals surface area contributed by atoms with Crippen molar-refractivity contribution in [2.75, 3.05) is 44.4 Å². The van der Waals surface area contributed by atoms with Crippen molar-refractivity contribution in [3.63, 3.8) is 0 Å². The molecule has 0 bridgehead atoms. The van der Waals surface area contributed by atoms with Gasteiger partial charge in [-0.15, -0.1) is 0 Å². The Bertz CT molecular complexity index is 373. The molecule has 1 aliphatic heterocycles. The van der Waals surface area contributed by atoms with Crippen LogP contribution in [0.2, 0.25) is 0 Å². The van der Waals surface area contributed by atoms with E-state index in [2.05, 4.69) is 16.0 Å². The summed E-state index contributed by atoms with van der Waals surface area (Å²) in [5.41, 5.74) is 2.29. The summed E-state index contributed by atoms with van der Waals surface area (Å²) in [6.07, 6.45) is 1.83. The van der Waals surface area contributed by atoms with Gasteiger partial charge in [0, 0.05) is 30.6 Å². The molecule has 0 spiro atoms. The second-order valence-electron chi connectivity index (χ2n) is 3.92. The molecule has 1 N–H and O–H groups in total. The van der Waals surface area contributed by atoms with Crippen molar-refractivity contribution in [1.82, 2.24) is 0 Å². The average Bonchev–Trinajstić information content (AvgIpc) is 2.41. The molecular weight excluding hydrogens is 216 g/mol. The SMILES string of the molecule is OCC/N=C/c1ccccc1N1CCOCC1. The molecule has 92 valence electrons. The molecule has 1 aromatic carbocycles. The van der Waals surface area contributed by atoms with Crippen LogP contribution in [-0.2, 0) is 4.74 Å². The number of ether oxygens (including phenoxy) is 1. The van der Waals surface area contributed by atoms with Crippen molar-refractivity contribution in [2.24, 2.45) is 4.99 Å². The second kappa shape index (κ2) is 6.37. The Labute approximate surface area is 102 Å². The summed E-state index contributed by atoms with van der Waals surface area (Å²) in [7, 11) is 0. The number of aliphatic imine (C=N–C) groups is 1. The lowest BCUT2D eigenvalue weighted by Gasteiger charge is -2.30. The zero-order chi connectivity index (χ0) is 11.9. The predicted molar refractivity (Wildman–Crippen MR) is 69.0 cm³/mol. The van der Waals surface area contributed by atoms with Gasteiger partial charge in [0.2, 0.25) is 0 Å². The van der Waals surface area contributed by atoms with Crippen molar-refractivity contribution < 1.29 is 9.84 Å². The van der Waals surface area contributed by atoms with E-state index < -0.39 is 0 Å². The van der Waals surface area contributed by atoms with Crippen LogP contribution in [0.5, 0.6) is 0 Å². The first-order chi connectivity index (χ1) is 8.42. The molecule has 0 aromatic heterocycles. The highest BCUT2D eigenvalue weighted by Crippen LogP contribution is 2.19. The smallest absolute Gasteiger partial charge is 0.0642 e. The third kappa shape index (κ3) is 3.28. The molecule has 1 aliphatic rings. The third-order valence-corrected chi connectivity index (χ3v) is 2.75. The maximum absolute atomic E-state index is 8.72. The quantitative estimate of drug-likeness (QED) is 0.788. The average molecular weight is 234 g/mol. The number of rotatable bonds is 4. The summed E-state index contributed by atoms with van der Waals surface area (Å²) in [4.78, 5) is 6.49. The lowest BCUT2D eigenvalue weighted by Crippen LogP contribution is -2.36. The molecule has 0 radical (unpaired) electrons. The van der Waals surface area contributed by atoms with Crippen LogP contribution in [-0.4, -0.2) is 50.8 Å². The molecule has 0 aliphatic carbocycles. The molecular formula is C13H18N2O2. The third-order valence-electron chi connectivity index (χ3n) is 2.75. The Morgan fingerprint density at radius 3 is 2.82 bits per heavy atom. The fourth-order valence-electron chi connectivity index (χ4n) is 1.91. The van der Waals surface area contributed by atoms with Crippen LogP contribution in [0.25, 0.3) is 0 Å². The number of hydrogen-bond donors (Lipinski definition) is 1. The van der Waals surface area contributed by atoms with Crippen LogP contribution in [0.3, 0.4) is 0 Å². The lowest BCUT2D eigenvalue weighted by molar-refractivity contribution is 0.122. The van der Waals surface area contributed by atoms with Gasteiger partial charge in [0.15, 0.2) is 0 Å². The van der Waals surface area contributed by atoms with E-state index in [0.29, 0.717) is 6.54 Å². The highest BCUT2D eigenvalue weighted by atomic mass is 16.5. The van der Waals surface area contributed by atoms with Crippen LogP contribution in [0.4, 0.5) is 5.69 Å². The standard InChI is InChI=1S/C13H18N2O2/c16-8-5-14-11-12-3-1-2-4-13(12)15-6-9-17-10-7-15/h1-4,11,16H,5-10H2/b14-11+. The minimum absolute atomic E-state index is 0.0935. The molecule has 1 fully saturated rings. The molecule has 4 heteroatoms.